The molecule has 3 rings (SSSR count). The van der Waals surface area contributed by atoms with E-state index in [4.69, 9.17) is 0 Å². The number of benzene rings is 1. The van der Waals surface area contributed by atoms with Crippen molar-refractivity contribution in [1.29, 1.82) is 0 Å². The van der Waals surface area contributed by atoms with E-state index in [0.717, 1.165) is 12.8 Å². The van der Waals surface area contributed by atoms with Crippen LogP contribution >= 0.6 is 12.4 Å². The first kappa shape index (κ1) is 22.1. The number of sulfonamides is 1. The van der Waals surface area contributed by atoms with Crippen molar-refractivity contribution in [3.8, 4) is 0 Å². The molecule has 27 heavy (non-hydrogen) atoms. The van der Waals surface area contributed by atoms with Crippen LogP contribution in [0, 0.1) is 5.92 Å². The third kappa shape index (κ3) is 5.91. The monoisotopic (exact) mass is 415 g/mol. The third-order valence-electron chi connectivity index (χ3n) is 5.44. The molecule has 0 spiro atoms. The van der Waals surface area contributed by atoms with E-state index in [-0.39, 0.29) is 29.3 Å². The number of amides is 1. The summed E-state index contributed by atoms with van der Waals surface area (Å²) in [5, 5.41) is 6.45. The van der Waals surface area contributed by atoms with E-state index in [1.807, 2.05) is 13.8 Å². The van der Waals surface area contributed by atoms with Gasteiger partial charge in [0.2, 0.25) is 15.9 Å². The molecule has 2 aliphatic rings. The maximum absolute atomic E-state index is 12.4. The van der Waals surface area contributed by atoms with Gasteiger partial charge in [-0.25, -0.2) is 13.1 Å². The normalized spacial score (nSPS) is 25.5. The summed E-state index contributed by atoms with van der Waals surface area (Å²) in [6.07, 6.45) is 5.75. The van der Waals surface area contributed by atoms with Crippen molar-refractivity contribution in [1.82, 2.24) is 10.0 Å². The summed E-state index contributed by atoms with van der Waals surface area (Å²) in [6, 6.07) is 7.45. The predicted octanol–water partition coefficient (Wildman–Crippen LogP) is 3.04. The SMILES string of the molecule is CCC(C)NS(=O)(=O)c1cccc(NC(=O)CC2CC3CCC(C2)N3)c1.Cl. The molecular weight excluding hydrogens is 386 g/mol. The second kappa shape index (κ2) is 9.37. The topological polar surface area (TPSA) is 87.3 Å². The highest BCUT2D eigenvalue weighted by molar-refractivity contribution is 7.89. The Morgan fingerprint density at radius 1 is 1.26 bits per heavy atom. The summed E-state index contributed by atoms with van der Waals surface area (Å²) in [7, 11) is -3.57. The van der Waals surface area contributed by atoms with Crippen molar-refractivity contribution in [3.63, 3.8) is 0 Å². The predicted molar refractivity (Wildman–Crippen MR) is 110 cm³/mol. The molecule has 152 valence electrons. The molecule has 2 bridgehead atoms. The van der Waals surface area contributed by atoms with Gasteiger partial charge in [0, 0.05) is 30.2 Å². The smallest absolute Gasteiger partial charge is 0.240 e. The van der Waals surface area contributed by atoms with Gasteiger partial charge >= 0.3 is 0 Å². The molecule has 0 radical (unpaired) electrons. The fraction of sp³-hybridized carbons (Fsp3) is 0.632. The lowest BCUT2D eigenvalue weighted by molar-refractivity contribution is -0.117. The largest absolute Gasteiger partial charge is 0.326 e. The molecule has 3 atom stereocenters. The fourth-order valence-corrected chi connectivity index (χ4v) is 5.35. The highest BCUT2D eigenvalue weighted by atomic mass is 35.5. The molecule has 2 saturated heterocycles. The Kier molecular flexibility index (Phi) is 7.68. The molecule has 0 aliphatic carbocycles. The molecule has 2 fully saturated rings. The highest BCUT2D eigenvalue weighted by Gasteiger charge is 2.34. The van der Waals surface area contributed by atoms with Gasteiger partial charge in [0.25, 0.3) is 0 Å². The van der Waals surface area contributed by atoms with Crippen molar-refractivity contribution in [3.05, 3.63) is 24.3 Å². The lowest BCUT2D eigenvalue weighted by atomic mass is 9.89. The number of carbonyl (C=O) groups is 1. The summed E-state index contributed by atoms with van der Waals surface area (Å²) in [4.78, 5) is 12.6. The Bertz CT molecular complexity index is 744. The Balaban J connectivity index is 0.00000261. The van der Waals surface area contributed by atoms with Gasteiger partial charge in [0.05, 0.1) is 4.90 Å². The van der Waals surface area contributed by atoms with Crippen LogP contribution < -0.4 is 15.4 Å². The van der Waals surface area contributed by atoms with E-state index in [1.165, 1.54) is 18.9 Å². The molecule has 1 amide bonds. The van der Waals surface area contributed by atoms with Gasteiger partial charge in [-0.15, -0.1) is 12.4 Å². The number of hydrogen-bond acceptors (Lipinski definition) is 4. The zero-order valence-electron chi connectivity index (χ0n) is 15.9. The van der Waals surface area contributed by atoms with Crippen molar-refractivity contribution in [2.75, 3.05) is 5.32 Å². The van der Waals surface area contributed by atoms with Crippen LogP contribution in [0.25, 0.3) is 0 Å². The van der Waals surface area contributed by atoms with E-state index in [0.29, 0.717) is 36.5 Å². The standard InChI is InChI=1S/C19H29N3O3S.ClH/c1-3-13(2)22-26(24,25)18-6-4-5-15(12-18)21-19(23)11-14-9-16-7-8-17(10-14)20-16;/h4-6,12-14,16-17,20,22H,3,7-11H2,1-2H3,(H,21,23);1H. The number of carbonyl (C=O) groups excluding carboxylic acids is 1. The van der Waals surface area contributed by atoms with Crippen LogP contribution in [0.5, 0.6) is 0 Å². The summed E-state index contributed by atoms with van der Waals surface area (Å²) in [5.41, 5.74) is 0.527. The first-order valence-corrected chi connectivity index (χ1v) is 11.0. The lowest BCUT2D eigenvalue weighted by Gasteiger charge is -2.28. The number of piperidine rings is 1. The third-order valence-corrected chi connectivity index (χ3v) is 7.03. The van der Waals surface area contributed by atoms with Gasteiger partial charge in [0.1, 0.15) is 0 Å². The summed E-state index contributed by atoms with van der Waals surface area (Å²) in [5.74, 6) is 0.369. The molecule has 6 nitrogen and oxygen atoms in total. The minimum absolute atomic E-state index is 0. The molecule has 0 aromatic heterocycles. The first-order chi connectivity index (χ1) is 12.4. The van der Waals surface area contributed by atoms with Crippen LogP contribution in [0.3, 0.4) is 0 Å². The van der Waals surface area contributed by atoms with Crippen LogP contribution in [0.15, 0.2) is 29.2 Å². The van der Waals surface area contributed by atoms with Crippen molar-refractivity contribution in [2.45, 2.75) is 75.4 Å². The molecule has 1 aromatic carbocycles. The van der Waals surface area contributed by atoms with Crippen molar-refractivity contribution >= 4 is 34.0 Å². The Hall–Kier alpha value is -1.15. The van der Waals surface area contributed by atoms with Crippen molar-refractivity contribution in [2.24, 2.45) is 5.92 Å². The first-order valence-electron chi connectivity index (χ1n) is 9.54. The average molecular weight is 416 g/mol. The minimum atomic E-state index is -3.57. The molecular formula is C19H30ClN3O3S. The molecule has 2 heterocycles. The van der Waals surface area contributed by atoms with Gasteiger partial charge in [-0.05, 0) is 63.1 Å². The number of anilines is 1. The van der Waals surface area contributed by atoms with Crippen LogP contribution in [0.4, 0.5) is 5.69 Å². The van der Waals surface area contributed by atoms with Crippen LogP contribution in [-0.4, -0.2) is 32.5 Å². The second-order valence-corrected chi connectivity index (χ2v) is 9.40. The van der Waals surface area contributed by atoms with E-state index < -0.39 is 10.0 Å². The zero-order chi connectivity index (χ0) is 18.7. The number of rotatable bonds is 7. The van der Waals surface area contributed by atoms with E-state index >= 15 is 0 Å². The quantitative estimate of drug-likeness (QED) is 0.638. The van der Waals surface area contributed by atoms with Gasteiger partial charge in [0.15, 0.2) is 0 Å². The Labute approximate surface area is 168 Å². The van der Waals surface area contributed by atoms with Crippen molar-refractivity contribution < 1.29 is 13.2 Å². The van der Waals surface area contributed by atoms with E-state index in [1.54, 1.807) is 18.2 Å². The van der Waals surface area contributed by atoms with E-state index in [2.05, 4.69) is 15.4 Å². The van der Waals surface area contributed by atoms with Gasteiger partial charge < -0.3 is 10.6 Å². The number of halogens is 1. The van der Waals surface area contributed by atoms with Crippen LogP contribution in [0.2, 0.25) is 0 Å². The lowest BCUT2D eigenvalue weighted by Crippen LogP contribution is -2.39. The molecule has 2 aliphatic heterocycles. The number of fused-ring (bicyclic) bond motifs is 2. The number of nitrogens with one attached hydrogen (secondary N) is 3. The average Bonchev–Trinajstić information content (AvgIpc) is 2.93. The molecule has 3 N–H and O–H groups in total. The molecule has 8 heteroatoms. The fourth-order valence-electron chi connectivity index (χ4n) is 3.97. The Morgan fingerprint density at radius 3 is 2.56 bits per heavy atom. The van der Waals surface area contributed by atoms with Crippen LogP contribution in [0.1, 0.15) is 52.4 Å². The molecule has 1 aromatic rings. The second-order valence-electron chi connectivity index (χ2n) is 7.69. The van der Waals surface area contributed by atoms with Gasteiger partial charge in [-0.1, -0.05) is 13.0 Å². The number of hydrogen-bond donors (Lipinski definition) is 3. The van der Waals surface area contributed by atoms with E-state index in [9.17, 15) is 13.2 Å². The summed E-state index contributed by atoms with van der Waals surface area (Å²) < 4.78 is 27.4. The summed E-state index contributed by atoms with van der Waals surface area (Å²) in [6.45, 7) is 3.76. The molecule has 3 unspecified atom stereocenters. The summed E-state index contributed by atoms with van der Waals surface area (Å²) >= 11 is 0. The Morgan fingerprint density at radius 2 is 1.93 bits per heavy atom. The maximum Gasteiger partial charge on any atom is 0.240 e. The maximum atomic E-state index is 12.4. The minimum Gasteiger partial charge on any atom is -0.326 e. The molecule has 0 saturated carbocycles. The van der Waals surface area contributed by atoms with Crippen LogP contribution in [-0.2, 0) is 14.8 Å². The van der Waals surface area contributed by atoms with Gasteiger partial charge in [-0.3, -0.25) is 4.79 Å². The highest BCUT2D eigenvalue weighted by Crippen LogP contribution is 2.32. The van der Waals surface area contributed by atoms with Gasteiger partial charge in [-0.2, -0.15) is 0 Å². The zero-order valence-corrected chi connectivity index (χ0v) is 17.5.